The van der Waals surface area contributed by atoms with Gasteiger partial charge in [-0.05, 0) is 29.8 Å². The molecule has 0 aliphatic heterocycles. The zero-order valence-corrected chi connectivity index (χ0v) is 17.9. The fourth-order valence-corrected chi connectivity index (χ4v) is 3.08. The normalized spacial score (nSPS) is 10.7. The number of carbonyl (C=O) groups is 2. The van der Waals surface area contributed by atoms with E-state index in [4.69, 9.17) is 4.74 Å². The summed E-state index contributed by atoms with van der Waals surface area (Å²) in [5.74, 6) is -0.402. The Morgan fingerprint density at radius 2 is 1.81 bits per heavy atom. The average Bonchev–Trinajstić information content (AvgIpc) is 2.78. The molecule has 1 aromatic heterocycles. The smallest absolute Gasteiger partial charge is 0.306 e. The number of aromatic nitrogens is 2. The summed E-state index contributed by atoms with van der Waals surface area (Å²) >= 11 is 0. The molecule has 0 unspecified atom stereocenters. The van der Waals surface area contributed by atoms with Gasteiger partial charge in [0.2, 0.25) is 0 Å². The highest BCUT2D eigenvalue weighted by molar-refractivity contribution is 5.80. The van der Waals surface area contributed by atoms with Crippen LogP contribution in [0.3, 0.4) is 0 Å². The molecule has 3 rings (SSSR count). The minimum absolute atomic E-state index is 0.0257. The van der Waals surface area contributed by atoms with Gasteiger partial charge in [-0.15, -0.1) is 0 Å². The first-order chi connectivity index (χ1) is 14.8. The maximum atomic E-state index is 12.4. The molecule has 3 aromatic rings. The largest absolute Gasteiger partial charge is 0.456 e. The van der Waals surface area contributed by atoms with Gasteiger partial charge in [0.25, 0.3) is 11.5 Å². The fraction of sp³-hybridized carbons (Fsp3) is 0.304. The molecular weight excluding hydrogens is 396 g/mol. The van der Waals surface area contributed by atoms with E-state index in [1.54, 1.807) is 25.2 Å². The van der Waals surface area contributed by atoms with Crippen LogP contribution in [0, 0.1) is 0 Å². The highest BCUT2D eigenvalue weighted by atomic mass is 16.5. The van der Waals surface area contributed by atoms with Gasteiger partial charge >= 0.3 is 5.97 Å². The molecule has 0 spiro atoms. The van der Waals surface area contributed by atoms with Crippen molar-refractivity contribution in [3.8, 4) is 0 Å². The van der Waals surface area contributed by atoms with Crippen molar-refractivity contribution in [3.63, 3.8) is 0 Å². The Balaban J connectivity index is 1.46. The summed E-state index contributed by atoms with van der Waals surface area (Å²) in [6.45, 7) is 0.00586. The lowest BCUT2D eigenvalue weighted by molar-refractivity contribution is -0.148. The van der Waals surface area contributed by atoms with Crippen LogP contribution in [0.2, 0.25) is 0 Å². The van der Waals surface area contributed by atoms with Crippen LogP contribution in [0.1, 0.15) is 17.8 Å². The van der Waals surface area contributed by atoms with E-state index in [1.807, 2.05) is 49.3 Å². The van der Waals surface area contributed by atoms with Crippen molar-refractivity contribution in [2.75, 3.05) is 25.6 Å². The number of ether oxygens (including phenoxy) is 1. The molecule has 8 nitrogen and oxygen atoms in total. The van der Waals surface area contributed by atoms with Gasteiger partial charge in [0.15, 0.2) is 6.61 Å². The van der Waals surface area contributed by atoms with E-state index < -0.39 is 5.97 Å². The second-order valence-electron chi connectivity index (χ2n) is 7.41. The Morgan fingerprint density at radius 1 is 1.10 bits per heavy atom. The Bertz CT molecular complexity index is 1140. The van der Waals surface area contributed by atoms with Gasteiger partial charge < -0.3 is 15.0 Å². The average molecular weight is 422 g/mol. The van der Waals surface area contributed by atoms with Crippen molar-refractivity contribution in [3.05, 3.63) is 70.3 Å². The van der Waals surface area contributed by atoms with Gasteiger partial charge in [-0.2, -0.15) is 0 Å². The summed E-state index contributed by atoms with van der Waals surface area (Å²) in [7, 11) is 5.54. The number of nitrogens with zero attached hydrogens (tertiary/aromatic N) is 3. The first-order valence-electron chi connectivity index (χ1n) is 9.98. The minimum atomic E-state index is -0.520. The third-order valence-electron chi connectivity index (χ3n) is 4.94. The maximum absolute atomic E-state index is 12.4. The van der Waals surface area contributed by atoms with Crippen molar-refractivity contribution in [1.29, 1.82) is 0 Å². The molecule has 1 heterocycles. The fourth-order valence-electron chi connectivity index (χ4n) is 3.08. The van der Waals surface area contributed by atoms with Crippen LogP contribution >= 0.6 is 0 Å². The topological polar surface area (TPSA) is 93.5 Å². The zero-order chi connectivity index (χ0) is 22.4. The van der Waals surface area contributed by atoms with Gasteiger partial charge in [-0.3, -0.25) is 19.0 Å². The highest BCUT2D eigenvalue weighted by Crippen LogP contribution is 2.12. The molecule has 0 saturated heterocycles. The minimum Gasteiger partial charge on any atom is -0.456 e. The summed E-state index contributed by atoms with van der Waals surface area (Å²) in [4.78, 5) is 42.8. The second kappa shape index (κ2) is 9.88. The van der Waals surface area contributed by atoms with E-state index in [1.165, 1.54) is 4.57 Å². The molecule has 0 bridgehead atoms. The molecule has 0 saturated carbocycles. The predicted molar refractivity (Wildman–Crippen MR) is 119 cm³/mol. The third kappa shape index (κ3) is 5.69. The second-order valence-corrected chi connectivity index (χ2v) is 7.41. The molecule has 0 atom stereocenters. The lowest BCUT2D eigenvalue weighted by atomic mass is 10.2. The Morgan fingerprint density at radius 3 is 2.52 bits per heavy atom. The van der Waals surface area contributed by atoms with E-state index in [2.05, 4.69) is 10.3 Å². The summed E-state index contributed by atoms with van der Waals surface area (Å²) in [5, 5.41) is 3.26. The number of hydrogen-bond donors (Lipinski definition) is 1. The Labute approximate surface area is 180 Å². The van der Waals surface area contributed by atoms with Gasteiger partial charge in [0, 0.05) is 39.8 Å². The third-order valence-corrected chi connectivity index (χ3v) is 4.94. The molecule has 162 valence electrons. The van der Waals surface area contributed by atoms with Crippen LogP contribution in [-0.4, -0.2) is 42.1 Å². The summed E-state index contributed by atoms with van der Waals surface area (Å²) < 4.78 is 6.48. The van der Waals surface area contributed by atoms with Gasteiger partial charge in [0.1, 0.15) is 5.82 Å². The number of benzene rings is 2. The lowest BCUT2D eigenvalue weighted by Gasteiger charge is -2.13. The van der Waals surface area contributed by atoms with E-state index in [0.717, 1.165) is 11.3 Å². The summed E-state index contributed by atoms with van der Waals surface area (Å²) in [6.07, 6.45) is 0.271. The SMILES string of the molecule is CN(C)c1ccc(CNC(=O)COC(=O)CCc2nc3ccccc3c(=O)n2C)cc1. The molecular formula is C23H26N4O4. The van der Waals surface area contributed by atoms with Gasteiger partial charge in [0.05, 0.1) is 17.3 Å². The number of esters is 1. The van der Waals surface area contributed by atoms with Crippen LogP contribution in [0.25, 0.3) is 10.9 Å². The summed E-state index contributed by atoms with van der Waals surface area (Å²) in [5.41, 5.74) is 2.45. The van der Waals surface area contributed by atoms with E-state index >= 15 is 0 Å². The van der Waals surface area contributed by atoms with Crippen LogP contribution in [-0.2, 0) is 34.3 Å². The quantitative estimate of drug-likeness (QED) is 0.557. The molecule has 0 aliphatic rings. The van der Waals surface area contributed by atoms with Crippen molar-refractivity contribution < 1.29 is 14.3 Å². The van der Waals surface area contributed by atoms with E-state index in [0.29, 0.717) is 23.3 Å². The lowest BCUT2D eigenvalue weighted by Crippen LogP contribution is -2.28. The number of carbonyl (C=O) groups excluding carboxylic acids is 2. The number of anilines is 1. The molecule has 0 fully saturated rings. The maximum Gasteiger partial charge on any atom is 0.306 e. The Kier molecular flexibility index (Phi) is 7.02. The first-order valence-corrected chi connectivity index (χ1v) is 9.98. The monoisotopic (exact) mass is 422 g/mol. The highest BCUT2D eigenvalue weighted by Gasteiger charge is 2.12. The number of para-hydroxylation sites is 1. The number of aryl methyl sites for hydroxylation is 1. The van der Waals surface area contributed by atoms with Crippen molar-refractivity contribution in [1.82, 2.24) is 14.9 Å². The molecule has 2 aromatic carbocycles. The first kappa shape index (κ1) is 22.0. The number of fused-ring (bicyclic) bond motifs is 1. The predicted octanol–water partition coefficient (Wildman–Crippen LogP) is 1.79. The Hall–Kier alpha value is -3.68. The molecule has 8 heteroatoms. The van der Waals surface area contributed by atoms with Crippen LogP contribution in [0.5, 0.6) is 0 Å². The van der Waals surface area contributed by atoms with Gasteiger partial charge in [-0.1, -0.05) is 24.3 Å². The van der Waals surface area contributed by atoms with Crippen LogP contribution in [0.15, 0.2) is 53.3 Å². The molecule has 31 heavy (non-hydrogen) atoms. The number of nitrogens with one attached hydrogen (secondary N) is 1. The summed E-state index contributed by atoms with van der Waals surface area (Å²) in [6, 6.07) is 14.9. The number of rotatable bonds is 8. The van der Waals surface area contributed by atoms with E-state index in [-0.39, 0.29) is 30.9 Å². The standard InChI is InChI=1S/C23H26N4O4/c1-26(2)17-10-8-16(9-11-17)14-24-21(28)15-31-22(29)13-12-20-25-19-7-5-4-6-18(19)23(30)27(20)3/h4-11H,12-15H2,1-3H3,(H,24,28). The van der Waals surface area contributed by atoms with Crippen LogP contribution in [0.4, 0.5) is 5.69 Å². The molecule has 1 amide bonds. The van der Waals surface area contributed by atoms with Gasteiger partial charge in [-0.25, -0.2) is 4.98 Å². The molecule has 0 aliphatic carbocycles. The molecule has 0 radical (unpaired) electrons. The molecule has 1 N–H and O–H groups in total. The number of hydrogen-bond acceptors (Lipinski definition) is 6. The van der Waals surface area contributed by atoms with Crippen molar-refractivity contribution in [2.24, 2.45) is 7.05 Å². The van der Waals surface area contributed by atoms with E-state index in [9.17, 15) is 14.4 Å². The van der Waals surface area contributed by atoms with Crippen molar-refractivity contribution in [2.45, 2.75) is 19.4 Å². The van der Waals surface area contributed by atoms with Crippen molar-refractivity contribution >= 4 is 28.5 Å². The number of amides is 1. The van der Waals surface area contributed by atoms with Crippen LogP contribution < -0.4 is 15.8 Å². The zero-order valence-electron chi connectivity index (χ0n) is 17.9.